The molecule has 0 fully saturated rings. The second-order valence-corrected chi connectivity index (χ2v) is 5.59. The summed E-state index contributed by atoms with van der Waals surface area (Å²) >= 11 is 1.91. The molecule has 0 aromatic carbocycles. The molecule has 3 heteroatoms. The van der Waals surface area contributed by atoms with Gasteiger partial charge < -0.3 is 5.11 Å². The van der Waals surface area contributed by atoms with Gasteiger partial charge >= 0.3 is 0 Å². The van der Waals surface area contributed by atoms with E-state index in [0.29, 0.717) is 24.0 Å². The van der Waals surface area contributed by atoms with Crippen LogP contribution in [0.5, 0.6) is 0 Å². The van der Waals surface area contributed by atoms with Crippen molar-refractivity contribution < 1.29 is 9.90 Å². The normalized spacial score (nSPS) is 24.6. The Bertz CT molecular complexity index is 235. The monoisotopic (exact) mass is 214 g/mol. The van der Waals surface area contributed by atoms with E-state index in [1.807, 2.05) is 11.8 Å². The average Bonchev–Trinajstić information content (AvgIpc) is 2.01. The maximum atomic E-state index is 11.2. The fourth-order valence-electron chi connectivity index (χ4n) is 1.94. The van der Waals surface area contributed by atoms with E-state index < -0.39 is 0 Å². The molecule has 1 N–H and O–H groups in total. The van der Waals surface area contributed by atoms with Gasteiger partial charge in [-0.25, -0.2) is 0 Å². The number of carbonyl (C=O) groups excluding carboxylic acids is 1. The molecule has 14 heavy (non-hydrogen) atoms. The Labute approximate surface area is 89.8 Å². The number of allylic oxidation sites excluding steroid dienone is 2. The maximum absolute atomic E-state index is 11.2. The molecular weight excluding hydrogens is 196 g/mol. The highest BCUT2D eigenvalue weighted by Gasteiger charge is 2.21. The Kier molecular flexibility index (Phi) is 4.52. The van der Waals surface area contributed by atoms with Crippen LogP contribution < -0.4 is 0 Å². The number of hydrogen-bond acceptors (Lipinski definition) is 3. The molecule has 1 aliphatic carbocycles. The lowest BCUT2D eigenvalue weighted by Gasteiger charge is -2.21. The molecule has 0 amide bonds. The highest BCUT2D eigenvalue weighted by atomic mass is 32.2. The van der Waals surface area contributed by atoms with Gasteiger partial charge in [0.2, 0.25) is 0 Å². The van der Waals surface area contributed by atoms with Gasteiger partial charge in [0.05, 0.1) is 5.76 Å². The van der Waals surface area contributed by atoms with Gasteiger partial charge in [-0.05, 0) is 18.1 Å². The van der Waals surface area contributed by atoms with E-state index in [1.54, 1.807) is 0 Å². The second-order valence-electron chi connectivity index (χ2n) is 3.88. The fourth-order valence-corrected chi connectivity index (χ4v) is 2.92. The first-order chi connectivity index (χ1) is 6.61. The van der Waals surface area contributed by atoms with Gasteiger partial charge in [0, 0.05) is 24.2 Å². The van der Waals surface area contributed by atoms with Gasteiger partial charge in [-0.2, -0.15) is 11.8 Å². The first kappa shape index (κ1) is 11.6. The summed E-state index contributed by atoms with van der Waals surface area (Å²) in [4.78, 5) is 11.2. The van der Waals surface area contributed by atoms with E-state index in [0.717, 1.165) is 12.2 Å². The number of aliphatic hydroxyl groups excluding tert-OH is 1. The van der Waals surface area contributed by atoms with Crippen molar-refractivity contribution in [1.29, 1.82) is 0 Å². The summed E-state index contributed by atoms with van der Waals surface area (Å²) in [5, 5.41) is 9.91. The smallest absolute Gasteiger partial charge is 0.159 e. The molecule has 0 saturated heterocycles. The maximum Gasteiger partial charge on any atom is 0.159 e. The van der Waals surface area contributed by atoms with Gasteiger partial charge in [0.1, 0.15) is 0 Å². The van der Waals surface area contributed by atoms with Gasteiger partial charge in [-0.15, -0.1) is 0 Å². The molecular formula is C11H18O2S. The minimum Gasteiger partial charge on any atom is -0.512 e. The third kappa shape index (κ3) is 3.74. The lowest BCUT2D eigenvalue weighted by atomic mass is 9.89. The molecule has 0 heterocycles. The van der Waals surface area contributed by atoms with E-state index in [2.05, 4.69) is 13.8 Å². The van der Waals surface area contributed by atoms with Crippen molar-refractivity contribution in [3.05, 3.63) is 11.8 Å². The van der Waals surface area contributed by atoms with Crippen LogP contribution in [0.25, 0.3) is 0 Å². The lowest BCUT2D eigenvalue weighted by Crippen LogP contribution is -2.17. The van der Waals surface area contributed by atoms with Crippen molar-refractivity contribution in [2.45, 2.75) is 38.4 Å². The second kappa shape index (κ2) is 5.44. The molecule has 0 aliphatic heterocycles. The molecule has 0 radical (unpaired) electrons. The van der Waals surface area contributed by atoms with E-state index >= 15 is 0 Å². The molecule has 2 nitrogen and oxygen atoms in total. The zero-order valence-corrected chi connectivity index (χ0v) is 9.64. The third-order valence-electron chi connectivity index (χ3n) is 2.43. The van der Waals surface area contributed by atoms with E-state index in [4.69, 9.17) is 0 Å². The molecule has 80 valence electrons. The minimum atomic E-state index is 0.0763. The summed E-state index contributed by atoms with van der Waals surface area (Å²) in [7, 11) is 0. The molecule has 0 aromatic rings. The summed E-state index contributed by atoms with van der Waals surface area (Å²) in [5.41, 5.74) is 0. The first-order valence-electron chi connectivity index (χ1n) is 5.15. The molecule has 0 bridgehead atoms. The van der Waals surface area contributed by atoms with Crippen molar-refractivity contribution >= 4 is 17.5 Å². The van der Waals surface area contributed by atoms with Crippen molar-refractivity contribution in [2.75, 3.05) is 5.75 Å². The zero-order valence-electron chi connectivity index (χ0n) is 8.82. The Balaban J connectivity index is 2.39. The zero-order chi connectivity index (χ0) is 10.6. The van der Waals surface area contributed by atoms with Crippen LogP contribution in [0.4, 0.5) is 0 Å². The first-order valence-corrected chi connectivity index (χ1v) is 6.20. The highest BCUT2D eigenvalue weighted by molar-refractivity contribution is 7.99. The van der Waals surface area contributed by atoms with Crippen LogP contribution in [0.15, 0.2) is 11.8 Å². The number of hydrogen-bond donors (Lipinski definition) is 1. The minimum absolute atomic E-state index is 0.0763. The number of ketones is 1. The van der Waals surface area contributed by atoms with E-state index in [-0.39, 0.29) is 11.5 Å². The lowest BCUT2D eigenvalue weighted by molar-refractivity contribution is -0.116. The van der Waals surface area contributed by atoms with Gasteiger partial charge in [0.15, 0.2) is 5.78 Å². The fraction of sp³-hybridized carbons (Fsp3) is 0.727. The highest BCUT2D eigenvalue weighted by Crippen LogP contribution is 2.28. The predicted octanol–water partition coefficient (Wildman–Crippen LogP) is 2.94. The summed E-state index contributed by atoms with van der Waals surface area (Å²) in [5.74, 6) is 1.80. The van der Waals surface area contributed by atoms with Crippen molar-refractivity contribution in [3.8, 4) is 0 Å². The Morgan fingerprint density at radius 2 is 2.36 bits per heavy atom. The number of carbonyl (C=O) groups is 1. The van der Waals surface area contributed by atoms with Crippen LogP contribution in [0.3, 0.4) is 0 Å². The standard InChI is InChI=1S/C11H18O2S/c1-3-14-8(2)4-9-5-10(12)7-11(13)6-9/h7-9,12H,3-6H2,1-2H3/t8-,9-/m1/s1. The molecule has 2 atom stereocenters. The number of rotatable bonds is 4. The Morgan fingerprint density at radius 1 is 1.64 bits per heavy atom. The average molecular weight is 214 g/mol. The van der Waals surface area contributed by atoms with Crippen LogP contribution in [0.2, 0.25) is 0 Å². The Morgan fingerprint density at radius 3 is 2.93 bits per heavy atom. The summed E-state index contributed by atoms with van der Waals surface area (Å²) in [6.07, 6.45) is 3.69. The van der Waals surface area contributed by atoms with Crippen molar-refractivity contribution in [1.82, 2.24) is 0 Å². The van der Waals surface area contributed by atoms with Crippen molar-refractivity contribution in [3.63, 3.8) is 0 Å². The third-order valence-corrected chi connectivity index (χ3v) is 3.53. The van der Waals surface area contributed by atoms with Crippen LogP contribution in [0, 0.1) is 5.92 Å². The van der Waals surface area contributed by atoms with Crippen LogP contribution in [0.1, 0.15) is 33.1 Å². The molecule has 0 saturated carbocycles. The quantitative estimate of drug-likeness (QED) is 0.781. The summed E-state index contributed by atoms with van der Waals surface area (Å²) in [6, 6.07) is 0. The molecule has 1 aliphatic rings. The van der Waals surface area contributed by atoms with Crippen LogP contribution >= 0.6 is 11.8 Å². The van der Waals surface area contributed by atoms with Crippen LogP contribution in [-0.4, -0.2) is 21.9 Å². The predicted molar refractivity (Wildman–Crippen MR) is 60.7 cm³/mol. The number of thioether (sulfide) groups is 1. The van der Waals surface area contributed by atoms with Gasteiger partial charge in [-0.1, -0.05) is 13.8 Å². The largest absolute Gasteiger partial charge is 0.512 e. The van der Waals surface area contributed by atoms with E-state index in [9.17, 15) is 9.90 Å². The summed E-state index contributed by atoms with van der Waals surface area (Å²) in [6.45, 7) is 4.33. The van der Waals surface area contributed by atoms with E-state index in [1.165, 1.54) is 6.08 Å². The number of aliphatic hydroxyl groups is 1. The Hall–Kier alpha value is -0.440. The SMILES string of the molecule is CCS[C@H](C)C[C@H]1CC(=O)C=C(O)C1. The molecule has 0 spiro atoms. The van der Waals surface area contributed by atoms with Crippen LogP contribution in [-0.2, 0) is 4.79 Å². The topological polar surface area (TPSA) is 37.3 Å². The molecule has 0 aromatic heterocycles. The van der Waals surface area contributed by atoms with Gasteiger partial charge in [0.25, 0.3) is 0 Å². The molecule has 1 rings (SSSR count). The molecule has 0 unspecified atom stereocenters. The van der Waals surface area contributed by atoms with Crippen molar-refractivity contribution in [2.24, 2.45) is 5.92 Å². The summed E-state index contributed by atoms with van der Waals surface area (Å²) < 4.78 is 0. The van der Waals surface area contributed by atoms with Gasteiger partial charge in [-0.3, -0.25) is 4.79 Å².